The topological polar surface area (TPSA) is 63.1 Å². The van der Waals surface area contributed by atoms with Gasteiger partial charge < -0.3 is 9.88 Å². The van der Waals surface area contributed by atoms with Crippen LogP contribution < -0.4 is 10.0 Å². The molecule has 0 spiro atoms. The van der Waals surface area contributed by atoms with Gasteiger partial charge in [-0.3, -0.25) is 0 Å². The minimum atomic E-state index is -3.46. The molecule has 0 bridgehead atoms. The van der Waals surface area contributed by atoms with Crippen molar-refractivity contribution in [3.63, 3.8) is 0 Å². The Kier molecular flexibility index (Phi) is 5.18. The van der Waals surface area contributed by atoms with Crippen LogP contribution in [-0.4, -0.2) is 25.1 Å². The number of sulfonamides is 1. The molecule has 1 rings (SSSR count). The van der Waals surface area contributed by atoms with Gasteiger partial charge in [-0.25, -0.2) is 13.1 Å². The smallest absolute Gasteiger partial charge is 0.242 e. The second kappa shape index (κ2) is 6.07. The maximum atomic E-state index is 12.3. The lowest BCUT2D eigenvalue weighted by Gasteiger charge is -2.23. The van der Waals surface area contributed by atoms with Crippen molar-refractivity contribution in [2.75, 3.05) is 6.54 Å². The average Bonchev–Trinajstić information content (AvgIpc) is 2.68. The van der Waals surface area contributed by atoms with E-state index >= 15 is 0 Å². The van der Waals surface area contributed by atoms with Crippen molar-refractivity contribution in [1.29, 1.82) is 0 Å². The summed E-state index contributed by atoms with van der Waals surface area (Å²) in [5.74, 6) is 0. The first kappa shape index (κ1) is 16.2. The summed E-state index contributed by atoms with van der Waals surface area (Å²) >= 11 is 0. The second-order valence-electron chi connectivity index (χ2n) is 5.40. The Morgan fingerprint density at radius 2 is 1.95 bits per heavy atom. The Balaban J connectivity index is 2.96. The van der Waals surface area contributed by atoms with Crippen LogP contribution in [0.5, 0.6) is 0 Å². The second-order valence-corrected chi connectivity index (χ2v) is 7.08. The maximum absolute atomic E-state index is 12.3. The molecule has 2 N–H and O–H groups in total. The fourth-order valence-electron chi connectivity index (χ4n) is 1.65. The molecule has 1 heterocycles. The highest BCUT2D eigenvalue weighted by Crippen LogP contribution is 2.17. The predicted octanol–water partition coefficient (Wildman–Crippen LogP) is 1.60. The molecule has 6 heteroatoms. The summed E-state index contributed by atoms with van der Waals surface area (Å²) in [4.78, 5) is 0.324. The van der Waals surface area contributed by atoms with Crippen molar-refractivity contribution in [3.05, 3.63) is 18.0 Å². The van der Waals surface area contributed by atoms with Gasteiger partial charge in [0.05, 0.1) is 4.90 Å². The van der Waals surface area contributed by atoms with Crippen molar-refractivity contribution >= 4 is 10.0 Å². The fraction of sp³-hybridized carbons (Fsp3) is 0.692. The third-order valence-electron chi connectivity index (χ3n) is 3.24. The van der Waals surface area contributed by atoms with Gasteiger partial charge >= 0.3 is 0 Å². The molecule has 0 fully saturated rings. The monoisotopic (exact) mass is 287 g/mol. The summed E-state index contributed by atoms with van der Waals surface area (Å²) in [6.07, 6.45) is 2.39. The van der Waals surface area contributed by atoms with Crippen LogP contribution in [0.3, 0.4) is 0 Å². The number of hydrogen-bond acceptors (Lipinski definition) is 3. The van der Waals surface area contributed by atoms with Crippen molar-refractivity contribution in [3.8, 4) is 0 Å². The summed E-state index contributed by atoms with van der Waals surface area (Å²) in [5.41, 5.74) is 0.521. The molecule has 0 aliphatic rings. The molecule has 110 valence electrons. The molecule has 0 aliphatic carbocycles. The van der Waals surface area contributed by atoms with Gasteiger partial charge in [0, 0.05) is 31.0 Å². The standard InChI is InChI=1S/C13H25N3O2S/c1-6-13(3,4)15-19(17,18)12-8-11(9-14-7-2)16(5)10-12/h8,10,14-15H,6-7,9H2,1-5H3. The van der Waals surface area contributed by atoms with E-state index in [1.807, 2.05) is 39.3 Å². The first-order valence-electron chi connectivity index (χ1n) is 6.62. The molecule has 0 saturated carbocycles. The van der Waals surface area contributed by atoms with Crippen LogP contribution >= 0.6 is 0 Å². The van der Waals surface area contributed by atoms with Gasteiger partial charge in [-0.15, -0.1) is 0 Å². The third-order valence-corrected chi connectivity index (χ3v) is 4.91. The Bertz CT molecular complexity index is 518. The summed E-state index contributed by atoms with van der Waals surface area (Å²) in [6, 6.07) is 1.72. The van der Waals surface area contributed by atoms with E-state index < -0.39 is 15.6 Å². The number of rotatable bonds is 7. The highest BCUT2D eigenvalue weighted by atomic mass is 32.2. The van der Waals surface area contributed by atoms with Gasteiger partial charge in [-0.05, 0) is 32.9 Å². The van der Waals surface area contributed by atoms with E-state index in [4.69, 9.17) is 0 Å². The van der Waals surface area contributed by atoms with E-state index in [1.165, 1.54) is 0 Å². The number of aryl methyl sites for hydroxylation is 1. The molecular weight excluding hydrogens is 262 g/mol. The summed E-state index contributed by atoms with van der Waals surface area (Å²) in [7, 11) is -1.60. The van der Waals surface area contributed by atoms with Gasteiger partial charge in [-0.2, -0.15) is 0 Å². The van der Waals surface area contributed by atoms with Crippen LogP contribution in [-0.2, 0) is 23.6 Å². The fourth-order valence-corrected chi connectivity index (χ4v) is 3.23. The van der Waals surface area contributed by atoms with E-state index in [0.29, 0.717) is 11.4 Å². The zero-order chi connectivity index (χ0) is 14.7. The number of hydrogen-bond donors (Lipinski definition) is 2. The molecule has 0 unspecified atom stereocenters. The maximum Gasteiger partial charge on any atom is 0.242 e. The van der Waals surface area contributed by atoms with E-state index in [9.17, 15) is 8.42 Å². The SMILES string of the molecule is CCNCc1cc(S(=O)(=O)NC(C)(C)CC)cn1C. The van der Waals surface area contributed by atoms with Crippen molar-refractivity contribution < 1.29 is 8.42 Å². The van der Waals surface area contributed by atoms with E-state index in [-0.39, 0.29) is 0 Å². The minimum absolute atomic E-state index is 0.324. The van der Waals surface area contributed by atoms with Crippen LogP contribution in [0.1, 0.15) is 39.8 Å². The summed E-state index contributed by atoms with van der Waals surface area (Å²) in [5, 5.41) is 3.19. The Morgan fingerprint density at radius 3 is 2.47 bits per heavy atom. The normalized spacial score (nSPS) is 12.9. The summed E-state index contributed by atoms with van der Waals surface area (Å²) < 4.78 is 29.2. The van der Waals surface area contributed by atoms with Gasteiger partial charge in [-0.1, -0.05) is 13.8 Å². The van der Waals surface area contributed by atoms with E-state index in [0.717, 1.165) is 18.7 Å². The molecule has 1 aromatic heterocycles. The molecule has 1 aromatic rings. The van der Waals surface area contributed by atoms with Crippen molar-refractivity contribution in [1.82, 2.24) is 14.6 Å². The Morgan fingerprint density at radius 1 is 1.32 bits per heavy atom. The average molecular weight is 287 g/mol. The third kappa shape index (κ3) is 4.33. The van der Waals surface area contributed by atoms with E-state index in [2.05, 4.69) is 10.0 Å². The van der Waals surface area contributed by atoms with Crippen LogP contribution in [0, 0.1) is 0 Å². The zero-order valence-corrected chi connectivity index (χ0v) is 13.3. The number of nitrogens with zero attached hydrogens (tertiary/aromatic N) is 1. The quantitative estimate of drug-likeness (QED) is 0.800. The lowest BCUT2D eigenvalue weighted by Crippen LogP contribution is -2.42. The van der Waals surface area contributed by atoms with Crippen molar-refractivity contribution in [2.24, 2.45) is 7.05 Å². The lowest BCUT2D eigenvalue weighted by atomic mass is 10.0. The molecule has 0 saturated heterocycles. The van der Waals surface area contributed by atoms with Gasteiger partial charge in [0.1, 0.15) is 0 Å². The Hall–Kier alpha value is -0.850. The number of nitrogens with one attached hydrogen (secondary N) is 2. The predicted molar refractivity (Wildman–Crippen MR) is 77.5 cm³/mol. The molecule has 0 amide bonds. The number of aromatic nitrogens is 1. The molecule has 0 atom stereocenters. The molecule has 0 aliphatic heterocycles. The van der Waals surface area contributed by atoms with E-state index in [1.54, 1.807) is 12.3 Å². The van der Waals surface area contributed by atoms with Crippen molar-refractivity contribution in [2.45, 2.75) is 51.1 Å². The van der Waals surface area contributed by atoms with Gasteiger partial charge in [0.15, 0.2) is 0 Å². The largest absolute Gasteiger partial charge is 0.352 e. The summed E-state index contributed by atoms with van der Waals surface area (Å²) in [6.45, 7) is 9.27. The Labute approximate surface area is 116 Å². The molecule has 19 heavy (non-hydrogen) atoms. The van der Waals surface area contributed by atoms with Crippen LogP contribution in [0.4, 0.5) is 0 Å². The first-order valence-corrected chi connectivity index (χ1v) is 8.10. The zero-order valence-electron chi connectivity index (χ0n) is 12.4. The van der Waals surface area contributed by atoms with Gasteiger partial charge in [0.25, 0.3) is 0 Å². The molecule has 0 radical (unpaired) electrons. The highest BCUT2D eigenvalue weighted by Gasteiger charge is 2.25. The van der Waals surface area contributed by atoms with Crippen LogP contribution in [0.25, 0.3) is 0 Å². The van der Waals surface area contributed by atoms with Gasteiger partial charge in [0.2, 0.25) is 10.0 Å². The molecule has 0 aromatic carbocycles. The molecule has 5 nitrogen and oxygen atoms in total. The minimum Gasteiger partial charge on any atom is -0.352 e. The first-order chi connectivity index (χ1) is 8.72. The van der Waals surface area contributed by atoms with Crippen LogP contribution in [0.2, 0.25) is 0 Å². The molecular formula is C13H25N3O2S. The highest BCUT2D eigenvalue weighted by molar-refractivity contribution is 7.89. The van der Waals surface area contributed by atoms with Crippen LogP contribution in [0.15, 0.2) is 17.2 Å². The lowest BCUT2D eigenvalue weighted by molar-refractivity contribution is 0.439.